The first-order valence-electron chi connectivity index (χ1n) is 6.63. The fourth-order valence-corrected chi connectivity index (χ4v) is 3.77. The molecule has 0 spiro atoms. The van der Waals surface area contributed by atoms with E-state index in [0.717, 1.165) is 24.7 Å². The summed E-state index contributed by atoms with van der Waals surface area (Å²) in [6, 6.07) is 2.22. The number of fused-ring (bicyclic) bond motifs is 5. The molecule has 3 heterocycles. The Hall–Kier alpha value is -0.590. The lowest BCUT2D eigenvalue weighted by atomic mass is 9.82. The highest BCUT2D eigenvalue weighted by Gasteiger charge is 2.52. The Morgan fingerprint density at radius 2 is 1.81 bits per heavy atom. The van der Waals surface area contributed by atoms with Crippen molar-refractivity contribution >= 4 is 0 Å². The molecule has 0 N–H and O–H groups in total. The molecule has 0 amide bonds. The van der Waals surface area contributed by atoms with Gasteiger partial charge < -0.3 is 9.64 Å². The van der Waals surface area contributed by atoms with E-state index in [0.29, 0.717) is 12.2 Å². The molecule has 0 aromatic rings. The van der Waals surface area contributed by atoms with E-state index in [1.165, 1.54) is 38.9 Å². The molecule has 3 aliphatic heterocycles. The van der Waals surface area contributed by atoms with Gasteiger partial charge >= 0.3 is 0 Å². The summed E-state index contributed by atoms with van der Waals surface area (Å²) in [7, 11) is 0. The molecular formula is C13H20N2O. The van der Waals surface area contributed by atoms with Crippen LogP contribution in [0.5, 0.6) is 0 Å². The number of likely N-dealkylation sites (tertiary alicyclic amines) is 1. The number of hydrogen-bond acceptors (Lipinski definition) is 3. The van der Waals surface area contributed by atoms with Crippen molar-refractivity contribution in [3.8, 4) is 6.07 Å². The van der Waals surface area contributed by atoms with Crippen molar-refractivity contribution in [3.63, 3.8) is 0 Å². The van der Waals surface area contributed by atoms with Gasteiger partial charge in [0.15, 0.2) is 0 Å². The molecule has 3 aliphatic rings. The third kappa shape index (κ3) is 1.74. The van der Waals surface area contributed by atoms with E-state index in [-0.39, 0.29) is 0 Å². The Kier molecular flexibility index (Phi) is 2.87. The lowest BCUT2D eigenvalue weighted by Gasteiger charge is -2.18. The predicted molar refractivity (Wildman–Crippen MR) is 60.8 cm³/mol. The maximum absolute atomic E-state index is 8.49. The lowest BCUT2D eigenvalue weighted by molar-refractivity contribution is 0.0704. The van der Waals surface area contributed by atoms with Crippen LogP contribution in [0.15, 0.2) is 0 Å². The van der Waals surface area contributed by atoms with Crippen molar-refractivity contribution in [1.82, 2.24) is 4.90 Å². The van der Waals surface area contributed by atoms with Crippen LogP contribution in [0.25, 0.3) is 0 Å². The standard InChI is InChI=1S/C13H20N2O/c14-6-2-1-3-7-15-8-10-11(9-15)13-5-4-12(10)16-13/h10-13H,1-5,7-9H2/t10-,11-,12+,13+/m0/s1. The van der Waals surface area contributed by atoms with Gasteiger partial charge in [-0.15, -0.1) is 0 Å². The summed E-state index contributed by atoms with van der Waals surface area (Å²) in [5, 5.41) is 8.49. The molecule has 4 atom stereocenters. The zero-order valence-electron chi connectivity index (χ0n) is 9.77. The molecule has 3 rings (SSSR count). The Morgan fingerprint density at radius 3 is 2.44 bits per heavy atom. The minimum absolute atomic E-state index is 0.583. The molecule has 0 aromatic carbocycles. The molecule has 3 nitrogen and oxygen atoms in total. The van der Waals surface area contributed by atoms with E-state index < -0.39 is 0 Å². The molecule has 0 saturated carbocycles. The summed E-state index contributed by atoms with van der Waals surface area (Å²) in [6.45, 7) is 3.69. The van der Waals surface area contributed by atoms with Gasteiger partial charge in [-0.2, -0.15) is 5.26 Å². The average Bonchev–Trinajstić information content (AvgIpc) is 2.95. The topological polar surface area (TPSA) is 36.3 Å². The molecule has 0 radical (unpaired) electrons. The van der Waals surface area contributed by atoms with E-state index in [2.05, 4.69) is 11.0 Å². The van der Waals surface area contributed by atoms with Crippen LogP contribution in [-0.2, 0) is 4.74 Å². The fraction of sp³-hybridized carbons (Fsp3) is 0.923. The quantitative estimate of drug-likeness (QED) is 0.678. The van der Waals surface area contributed by atoms with Gasteiger partial charge in [0.1, 0.15) is 0 Å². The monoisotopic (exact) mass is 220 g/mol. The summed E-state index contributed by atoms with van der Waals surface area (Å²) in [5.74, 6) is 1.66. The third-order valence-corrected chi connectivity index (χ3v) is 4.54. The van der Waals surface area contributed by atoms with E-state index in [1.807, 2.05) is 0 Å². The number of unbranched alkanes of at least 4 members (excludes halogenated alkanes) is 2. The normalized spacial score (nSPS) is 41.2. The van der Waals surface area contributed by atoms with Crippen molar-refractivity contribution in [2.75, 3.05) is 19.6 Å². The van der Waals surface area contributed by atoms with Gasteiger partial charge in [0.2, 0.25) is 0 Å². The highest BCUT2D eigenvalue weighted by atomic mass is 16.5. The summed E-state index contributed by atoms with van der Waals surface area (Å²) >= 11 is 0. The molecule has 3 saturated heterocycles. The summed E-state index contributed by atoms with van der Waals surface area (Å²) < 4.78 is 5.96. The van der Waals surface area contributed by atoms with Crippen molar-refractivity contribution in [2.45, 2.75) is 44.3 Å². The van der Waals surface area contributed by atoms with Crippen LogP contribution in [0.1, 0.15) is 32.1 Å². The van der Waals surface area contributed by atoms with Crippen molar-refractivity contribution in [3.05, 3.63) is 0 Å². The molecule has 16 heavy (non-hydrogen) atoms. The highest BCUT2D eigenvalue weighted by Crippen LogP contribution is 2.47. The molecule has 0 aromatic heterocycles. The summed E-state index contributed by atoms with van der Waals surface area (Å²) in [6.07, 6.45) is 6.73. The Bertz CT molecular complexity index is 281. The van der Waals surface area contributed by atoms with Gasteiger partial charge in [-0.1, -0.05) is 0 Å². The number of nitriles is 1. The van der Waals surface area contributed by atoms with Crippen molar-refractivity contribution in [1.29, 1.82) is 5.26 Å². The molecule has 88 valence electrons. The van der Waals surface area contributed by atoms with Crippen LogP contribution < -0.4 is 0 Å². The van der Waals surface area contributed by atoms with Gasteiger partial charge in [0.05, 0.1) is 18.3 Å². The summed E-state index contributed by atoms with van der Waals surface area (Å²) in [4.78, 5) is 2.60. The fourth-order valence-electron chi connectivity index (χ4n) is 3.77. The number of rotatable bonds is 4. The van der Waals surface area contributed by atoms with Gasteiger partial charge in [0, 0.05) is 31.3 Å². The van der Waals surface area contributed by atoms with E-state index in [1.54, 1.807) is 0 Å². The first kappa shape index (κ1) is 10.6. The largest absolute Gasteiger partial charge is 0.374 e. The Morgan fingerprint density at radius 1 is 1.12 bits per heavy atom. The zero-order chi connectivity index (χ0) is 11.0. The summed E-state index contributed by atoms with van der Waals surface area (Å²) in [5.41, 5.74) is 0. The number of nitrogens with zero attached hydrogens (tertiary/aromatic N) is 2. The van der Waals surface area contributed by atoms with Gasteiger partial charge in [0.25, 0.3) is 0 Å². The second-order valence-corrected chi connectivity index (χ2v) is 5.49. The lowest BCUT2D eigenvalue weighted by Crippen LogP contribution is -2.25. The molecule has 2 bridgehead atoms. The first-order chi connectivity index (χ1) is 7.88. The maximum Gasteiger partial charge on any atom is 0.0624 e. The smallest absolute Gasteiger partial charge is 0.0624 e. The van der Waals surface area contributed by atoms with Gasteiger partial charge in [-0.05, 0) is 32.2 Å². The van der Waals surface area contributed by atoms with Crippen molar-refractivity contribution in [2.24, 2.45) is 11.8 Å². The molecule has 0 unspecified atom stereocenters. The van der Waals surface area contributed by atoms with Crippen LogP contribution in [0, 0.1) is 23.2 Å². The average molecular weight is 220 g/mol. The predicted octanol–water partition coefficient (Wildman–Crippen LogP) is 1.79. The molecule has 0 aliphatic carbocycles. The van der Waals surface area contributed by atoms with Crippen LogP contribution in [0.2, 0.25) is 0 Å². The van der Waals surface area contributed by atoms with Crippen LogP contribution >= 0.6 is 0 Å². The van der Waals surface area contributed by atoms with Gasteiger partial charge in [-0.3, -0.25) is 0 Å². The first-order valence-corrected chi connectivity index (χ1v) is 6.63. The minimum atomic E-state index is 0.583. The maximum atomic E-state index is 8.49. The van der Waals surface area contributed by atoms with Crippen LogP contribution in [0.3, 0.4) is 0 Å². The number of ether oxygens (including phenoxy) is 1. The zero-order valence-corrected chi connectivity index (χ0v) is 9.77. The SMILES string of the molecule is N#CCCCCN1C[C@H]2[C@H](C1)[C@H]1CC[C@H]2O1. The highest BCUT2D eigenvalue weighted by molar-refractivity contribution is 5.02. The minimum Gasteiger partial charge on any atom is -0.374 e. The molecule has 3 heteroatoms. The third-order valence-electron chi connectivity index (χ3n) is 4.54. The van der Waals surface area contributed by atoms with Gasteiger partial charge in [-0.25, -0.2) is 0 Å². The van der Waals surface area contributed by atoms with E-state index >= 15 is 0 Å². The second kappa shape index (κ2) is 4.35. The van der Waals surface area contributed by atoms with Crippen LogP contribution in [-0.4, -0.2) is 36.7 Å². The van der Waals surface area contributed by atoms with E-state index in [9.17, 15) is 0 Å². The molecular weight excluding hydrogens is 200 g/mol. The number of hydrogen-bond donors (Lipinski definition) is 0. The Labute approximate surface area is 97.4 Å². The van der Waals surface area contributed by atoms with Crippen molar-refractivity contribution < 1.29 is 4.74 Å². The van der Waals surface area contributed by atoms with E-state index in [4.69, 9.17) is 10.00 Å². The molecule has 3 fully saturated rings. The van der Waals surface area contributed by atoms with Crippen LogP contribution in [0.4, 0.5) is 0 Å². The Balaban J connectivity index is 1.46. The second-order valence-electron chi connectivity index (χ2n) is 5.49.